The van der Waals surface area contributed by atoms with Gasteiger partial charge >= 0.3 is 12.2 Å². The molecule has 6 amide bonds. The normalized spacial score (nSPS) is 29.9. The van der Waals surface area contributed by atoms with Gasteiger partial charge in [-0.3, -0.25) is 39.6 Å². The van der Waals surface area contributed by atoms with E-state index in [2.05, 4.69) is 15.5 Å². The third-order valence-corrected chi connectivity index (χ3v) is 12.6. The average molecular weight is 752 g/mol. The van der Waals surface area contributed by atoms with Gasteiger partial charge in [0.05, 0.1) is 23.2 Å². The van der Waals surface area contributed by atoms with Crippen molar-refractivity contribution < 1.29 is 39.0 Å². The van der Waals surface area contributed by atoms with Crippen LogP contribution in [0.25, 0.3) is 0 Å². The molecule has 0 aromatic heterocycles. The lowest BCUT2D eigenvalue weighted by Gasteiger charge is -2.57. The smallest absolute Gasteiger partial charge is 0.411 e. The third kappa shape index (κ3) is 5.39. The molecule has 0 saturated carbocycles. The summed E-state index contributed by atoms with van der Waals surface area (Å²) < 4.78 is 0. The highest BCUT2D eigenvalue weighted by Crippen LogP contribution is 2.56. The first-order valence-corrected chi connectivity index (χ1v) is 18.4. The molecule has 2 aliphatic heterocycles. The zero-order valence-electron chi connectivity index (χ0n) is 30.7. The molecule has 2 fully saturated rings. The quantitative estimate of drug-likeness (QED) is 0.186. The van der Waals surface area contributed by atoms with Crippen LogP contribution in [0.1, 0.15) is 61.8 Å². The largest absolute Gasteiger partial charge is 0.465 e. The van der Waals surface area contributed by atoms with Gasteiger partial charge in [-0.25, -0.2) is 9.59 Å². The molecule has 15 heteroatoms. The first kappa shape index (κ1) is 37.5. The van der Waals surface area contributed by atoms with Crippen molar-refractivity contribution in [1.29, 1.82) is 0 Å². The monoisotopic (exact) mass is 751 g/mol. The van der Waals surface area contributed by atoms with Crippen LogP contribution in [0.2, 0.25) is 0 Å². The second-order valence-corrected chi connectivity index (χ2v) is 15.5. The molecule has 0 spiro atoms. The number of carbonyl (C=O) groups excluding carboxylic acids is 4. The van der Waals surface area contributed by atoms with E-state index in [9.17, 15) is 39.0 Å². The number of para-hydroxylation sites is 1. The molecule has 3 aromatic rings. The summed E-state index contributed by atoms with van der Waals surface area (Å²) in [7, 11) is 0. The van der Waals surface area contributed by atoms with Gasteiger partial charge < -0.3 is 26.6 Å². The van der Waals surface area contributed by atoms with Crippen molar-refractivity contribution in [2.45, 2.75) is 75.8 Å². The fraction of sp³-hybridized carbons (Fsp3) is 0.400. The van der Waals surface area contributed by atoms with Gasteiger partial charge in [0.1, 0.15) is 11.1 Å². The summed E-state index contributed by atoms with van der Waals surface area (Å²) in [6.07, 6.45) is -2.63. The van der Waals surface area contributed by atoms with E-state index in [1.807, 2.05) is 40.1 Å². The molecule has 4 unspecified atom stereocenters. The van der Waals surface area contributed by atoms with Crippen LogP contribution in [-0.2, 0) is 43.1 Å². The lowest BCUT2D eigenvalue weighted by Crippen LogP contribution is -2.74. The number of nitrogens with zero attached hydrogens (tertiary/aromatic N) is 3. The number of anilines is 1. The molecule has 2 saturated heterocycles. The van der Waals surface area contributed by atoms with Gasteiger partial charge in [0, 0.05) is 18.8 Å². The first-order valence-electron chi connectivity index (χ1n) is 18.4. The standard InChI is InChI=1S/C40H45N7O8/c1-37(31(41)48)22-24-12-16-26(17-13-24)39(37,33(50)43-35(52)53)45-20-6-10-29(45)47(28-8-4-3-5-9-28)30-11-7-21-46(30)40(34(51)44-36(54)55)27-18-14-25(15-19-27)23-38(40,2)32(42)49/h3-5,8-9,12-19,29-30H,6-7,10-11,20-23H2,1-2H3,(H2,41,48)(H2,42,49)(H,43,50)(H,44,51)(H,52,53)(H,54,55)/t29?,30?,37?,38?,39-,40-/m1/s1. The van der Waals surface area contributed by atoms with E-state index in [0.717, 1.165) is 11.1 Å². The zero-order valence-corrected chi connectivity index (χ0v) is 30.7. The predicted octanol–water partition coefficient (Wildman–Crippen LogP) is 2.81. The SMILES string of the molecule is CC1(C(N)=O)Cc2ccc(cc2)[C@]1(C(=O)NC(=O)O)N1CCCC1N(c1ccccc1)C1CCCN1[C@@]1(C(=O)NC(=O)O)c2ccc(cc2)CC1(C)C(N)=O. The third-order valence-electron chi connectivity index (χ3n) is 12.6. The number of fused-ring (bicyclic) bond motifs is 8. The molecule has 288 valence electrons. The van der Waals surface area contributed by atoms with Crippen LogP contribution in [0.15, 0.2) is 78.9 Å². The number of carbonyl (C=O) groups is 6. The minimum atomic E-state index is -1.93. The van der Waals surface area contributed by atoms with Crippen molar-refractivity contribution in [3.05, 3.63) is 101 Å². The Morgan fingerprint density at radius 2 is 1.02 bits per heavy atom. The summed E-state index contributed by atoms with van der Waals surface area (Å²) in [6.45, 7) is 3.70. The number of hydrogen-bond donors (Lipinski definition) is 6. The minimum absolute atomic E-state index is 0.0429. The Morgan fingerprint density at radius 1 is 0.636 bits per heavy atom. The number of benzene rings is 3. The molecule has 8 N–H and O–H groups in total. The molecule has 9 rings (SSSR count). The summed E-state index contributed by atoms with van der Waals surface area (Å²) in [4.78, 5) is 87.6. The van der Waals surface area contributed by atoms with E-state index >= 15 is 0 Å². The Hall–Kier alpha value is -5.80. The van der Waals surface area contributed by atoms with E-state index in [0.29, 0.717) is 42.5 Å². The molecule has 4 aliphatic carbocycles. The minimum Gasteiger partial charge on any atom is -0.465 e. The molecule has 3 aromatic carbocycles. The van der Waals surface area contributed by atoms with Crippen molar-refractivity contribution in [2.24, 2.45) is 22.3 Å². The Labute approximate surface area is 317 Å². The van der Waals surface area contributed by atoms with E-state index in [-0.39, 0.29) is 25.9 Å². The van der Waals surface area contributed by atoms with Crippen molar-refractivity contribution in [2.75, 3.05) is 18.0 Å². The predicted molar refractivity (Wildman–Crippen MR) is 199 cm³/mol. The maximum absolute atomic E-state index is 14.8. The van der Waals surface area contributed by atoms with Gasteiger partial charge in [-0.2, -0.15) is 0 Å². The van der Waals surface area contributed by atoms with Crippen molar-refractivity contribution in [3.8, 4) is 0 Å². The van der Waals surface area contributed by atoms with E-state index in [4.69, 9.17) is 11.5 Å². The van der Waals surface area contributed by atoms with Crippen molar-refractivity contribution in [3.63, 3.8) is 0 Å². The van der Waals surface area contributed by atoms with Crippen LogP contribution >= 0.6 is 0 Å². The number of hydrogen-bond acceptors (Lipinski definition) is 9. The number of primary amides is 2. The van der Waals surface area contributed by atoms with Crippen molar-refractivity contribution in [1.82, 2.24) is 20.4 Å². The summed E-state index contributed by atoms with van der Waals surface area (Å²) in [6, 6.07) is 23.4. The second-order valence-electron chi connectivity index (χ2n) is 15.5. The Kier molecular flexibility index (Phi) is 9.20. The van der Waals surface area contributed by atoms with Crippen LogP contribution in [0, 0.1) is 10.8 Å². The Bertz CT molecular complexity index is 1940. The number of rotatable bonds is 9. The lowest BCUT2D eigenvalue weighted by atomic mass is 9.63. The maximum atomic E-state index is 14.8. The number of imide groups is 2. The number of nitrogens with one attached hydrogen (secondary N) is 2. The van der Waals surface area contributed by atoms with Crippen molar-refractivity contribution >= 4 is 41.5 Å². The van der Waals surface area contributed by atoms with Crippen LogP contribution in [0.3, 0.4) is 0 Å². The number of amides is 6. The van der Waals surface area contributed by atoms with Gasteiger partial charge in [-0.05, 0) is 86.8 Å². The lowest BCUT2D eigenvalue weighted by molar-refractivity contribution is -0.159. The van der Waals surface area contributed by atoms with E-state index < -0.39 is 70.1 Å². The fourth-order valence-electron chi connectivity index (χ4n) is 10.3. The van der Waals surface area contributed by atoms with E-state index in [1.54, 1.807) is 62.4 Å². The number of carboxylic acid groups (broad SMARTS) is 2. The number of likely N-dealkylation sites (tertiary alicyclic amines) is 2. The molecule has 6 atom stereocenters. The Morgan fingerprint density at radius 3 is 1.36 bits per heavy atom. The van der Waals surface area contributed by atoms with Gasteiger partial charge in [-0.1, -0.05) is 66.7 Å². The van der Waals surface area contributed by atoms with Crippen LogP contribution in [0.5, 0.6) is 0 Å². The zero-order chi connectivity index (χ0) is 39.5. The molecule has 2 heterocycles. The van der Waals surface area contributed by atoms with Crippen LogP contribution < -0.4 is 27.0 Å². The summed E-state index contributed by atoms with van der Waals surface area (Å²) in [5.41, 5.74) is 8.27. The highest BCUT2D eigenvalue weighted by molar-refractivity contribution is 6.04. The van der Waals surface area contributed by atoms with Gasteiger partial charge in [0.25, 0.3) is 11.8 Å². The summed E-state index contributed by atoms with van der Waals surface area (Å²) >= 11 is 0. The summed E-state index contributed by atoms with van der Waals surface area (Å²) in [5, 5.41) is 24.1. The molecule has 55 heavy (non-hydrogen) atoms. The topological polar surface area (TPSA) is 229 Å². The van der Waals surface area contributed by atoms with Gasteiger partial charge in [0.2, 0.25) is 11.8 Å². The molecule has 4 bridgehead atoms. The van der Waals surface area contributed by atoms with Crippen LogP contribution in [-0.4, -0.2) is 81.2 Å². The second kappa shape index (κ2) is 13.5. The fourth-order valence-corrected chi connectivity index (χ4v) is 10.3. The van der Waals surface area contributed by atoms with Crippen LogP contribution in [0.4, 0.5) is 15.3 Å². The summed E-state index contributed by atoms with van der Waals surface area (Å²) in [5.74, 6) is -3.45. The molecule has 15 nitrogen and oxygen atoms in total. The van der Waals surface area contributed by atoms with E-state index in [1.165, 1.54) is 0 Å². The molecular formula is C40H45N7O8. The van der Waals surface area contributed by atoms with Gasteiger partial charge in [-0.15, -0.1) is 0 Å². The van der Waals surface area contributed by atoms with Gasteiger partial charge in [0.15, 0.2) is 0 Å². The molecule has 6 aliphatic rings. The average Bonchev–Trinajstić information content (AvgIpc) is 3.70. The molecule has 0 radical (unpaired) electrons. The maximum Gasteiger partial charge on any atom is 0.411 e. The first-order chi connectivity index (χ1) is 26.1. The number of nitrogens with two attached hydrogens (primary N) is 2. The highest BCUT2D eigenvalue weighted by atomic mass is 16.4. The highest BCUT2D eigenvalue weighted by Gasteiger charge is 2.68. The Balaban J connectivity index is 1.48. The molecular weight excluding hydrogens is 706 g/mol.